The summed E-state index contributed by atoms with van der Waals surface area (Å²) in [4.78, 5) is 18.1. The van der Waals surface area contributed by atoms with Crippen molar-refractivity contribution in [2.45, 2.75) is 22.9 Å². The fourth-order valence-electron chi connectivity index (χ4n) is 2.31. The van der Waals surface area contributed by atoms with Crippen LogP contribution in [0.4, 0.5) is 0 Å². The van der Waals surface area contributed by atoms with E-state index in [-0.39, 0.29) is 12.2 Å². The molecular weight excluding hydrogens is 338 g/mol. The van der Waals surface area contributed by atoms with E-state index in [0.29, 0.717) is 10.4 Å². The fourth-order valence-corrected chi connectivity index (χ4v) is 5.85. The Morgan fingerprint density at radius 3 is 3.18 bits per heavy atom. The predicted molar refractivity (Wildman–Crippen MR) is 86.7 cm³/mol. The molecule has 0 saturated carbocycles. The van der Waals surface area contributed by atoms with Crippen molar-refractivity contribution < 1.29 is 0 Å². The maximum Gasteiger partial charge on any atom is 0.353 e. The lowest BCUT2D eigenvalue weighted by molar-refractivity contribution is 0.674. The van der Waals surface area contributed by atoms with Crippen LogP contribution in [0.1, 0.15) is 17.1 Å². The highest BCUT2D eigenvalue weighted by molar-refractivity contribution is 8.01. The second kappa shape index (κ2) is 5.08. The van der Waals surface area contributed by atoms with Crippen molar-refractivity contribution in [3.05, 3.63) is 33.1 Å². The smallest absolute Gasteiger partial charge is 0.245 e. The average molecular weight is 347 g/mol. The van der Waals surface area contributed by atoms with E-state index in [1.54, 1.807) is 11.3 Å². The lowest BCUT2D eigenvalue weighted by atomic mass is 10.2. The van der Waals surface area contributed by atoms with Crippen LogP contribution in [-0.4, -0.2) is 19.3 Å². The Hall–Kier alpha value is -1.89. The van der Waals surface area contributed by atoms with E-state index in [1.165, 1.54) is 31.3 Å². The zero-order chi connectivity index (χ0) is 15.3. The first-order valence-electron chi connectivity index (χ1n) is 6.46. The molecule has 22 heavy (non-hydrogen) atoms. The number of thioether (sulfide) groups is 1. The highest BCUT2D eigenvalue weighted by Gasteiger charge is 2.28. The number of nitrogens with zero attached hydrogens (tertiary/aromatic N) is 5. The summed E-state index contributed by atoms with van der Waals surface area (Å²) >= 11 is 5.05. The Bertz CT molecular complexity index is 957. The summed E-state index contributed by atoms with van der Waals surface area (Å²) in [5.41, 5.74) is 1.77. The van der Waals surface area contributed by atoms with E-state index in [2.05, 4.69) is 28.5 Å². The Labute approximate surface area is 137 Å². The Morgan fingerprint density at radius 1 is 1.50 bits per heavy atom. The number of fused-ring (bicyclic) bond motifs is 3. The van der Waals surface area contributed by atoms with Crippen molar-refractivity contribution in [2.75, 3.05) is 0 Å². The van der Waals surface area contributed by atoms with Crippen LogP contribution < -0.4 is 5.69 Å². The molecule has 3 aromatic rings. The molecule has 0 N–H and O–H groups in total. The Kier molecular flexibility index (Phi) is 3.18. The maximum absolute atomic E-state index is 12.2. The van der Waals surface area contributed by atoms with Crippen LogP contribution in [0.5, 0.6) is 0 Å². The standard InChI is InChI=1S/C13H9N5OS3/c1-7-10-9(8-2-5-20-11(8)21-7)16-12(22-10)17-6-15-18(4-3-14)13(17)19/h2,5-7H,4H2,1H3. The fraction of sp³-hybridized carbons (Fsp3) is 0.231. The van der Waals surface area contributed by atoms with Crippen molar-refractivity contribution >= 4 is 34.4 Å². The Balaban J connectivity index is 1.86. The van der Waals surface area contributed by atoms with Gasteiger partial charge in [0.15, 0.2) is 5.13 Å². The molecule has 1 unspecified atom stereocenters. The number of rotatable bonds is 2. The molecule has 0 saturated heterocycles. The van der Waals surface area contributed by atoms with Gasteiger partial charge in [0.25, 0.3) is 0 Å². The largest absolute Gasteiger partial charge is 0.353 e. The molecule has 1 atom stereocenters. The summed E-state index contributed by atoms with van der Waals surface area (Å²) in [6.07, 6.45) is 1.43. The second-order valence-corrected chi connectivity index (χ2v) is 8.23. The molecule has 0 radical (unpaired) electrons. The molecule has 9 heteroatoms. The van der Waals surface area contributed by atoms with Crippen molar-refractivity contribution in [3.63, 3.8) is 0 Å². The SMILES string of the molecule is CC1Sc2sccc2-c2nc(-n3cnn(CC#N)c3=O)sc21. The molecule has 4 heterocycles. The average Bonchev–Trinajstić information content (AvgIpc) is 3.18. The van der Waals surface area contributed by atoms with E-state index >= 15 is 0 Å². The molecule has 6 nitrogen and oxygen atoms in total. The highest BCUT2D eigenvalue weighted by atomic mass is 32.2. The Morgan fingerprint density at radius 2 is 2.36 bits per heavy atom. The lowest BCUT2D eigenvalue weighted by Gasteiger charge is -2.16. The first-order valence-corrected chi connectivity index (χ1v) is 9.03. The van der Waals surface area contributed by atoms with Crippen LogP contribution in [0.3, 0.4) is 0 Å². The number of nitriles is 1. The quantitative estimate of drug-likeness (QED) is 0.712. The van der Waals surface area contributed by atoms with Gasteiger partial charge in [-0.25, -0.2) is 14.3 Å². The number of aromatic nitrogens is 4. The minimum Gasteiger partial charge on any atom is -0.245 e. The number of thiophene rings is 1. The van der Waals surface area contributed by atoms with Gasteiger partial charge in [0, 0.05) is 15.7 Å². The highest BCUT2D eigenvalue weighted by Crippen LogP contribution is 2.52. The van der Waals surface area contributed by atoms with Gasteiger partial charge in [-0.05, 0) is 18.4 Å². The van der Waals surface area contributed by atoms with E-state index in [9.17, 15) is 4.79 Å². The van der Waals surface area contributed by atoms with Crippen LogP contribution in [0, 0.1) is 11.3 Å². The molecule has 0 bridgehead atoms. The summed E-state index contributed by atoms with van der Waals surface area (Å²) in [5, 5.41) is 15.6. The molecule has 0 amide bonds. The van der Waals surface area contributed by atoms with E-state index in [4.69, 9.17) is 5.26 Å². The van der Waals surface area contributed by atoms with Crippen LogP contribution in [0.15, 0.2) is 26.8 Å². The zero-order valence-electron chi connectivity index (χ0n) is 11.4. The third-order valence-corrected chi connectivity index (χ3v) is 7.03. The maximum atomic E-state index is 12.2. The molecule has 4 rings (SSSR count). The molecule has 1 aliphatic rings. The third-order valence-electron chi connectivity index (χ3n) is 3.34. The minimum atomic E-state index is -0.335. The van der Waals surface area contributed by atoms with Gasteiger partial charge >= 0.3 is 5.69 Å². The monoisotopic (exact) mass is 347 g/mol. The first-order chi connectivity index (χ1) is 10.7. The minimum absolute atomic E-state index is 0.0577. The third kappa shape index (κ3) is 1.95. The van der Waals surface area contributed by atoms with E-state index < -0.39 is 0 Å². The summed E-state index contributed by atoms with van der Waals surface area (Å²) < 4.78 is 3.81. The van der Waals surface area contributed by atoms with E-state index in [1.807, 2.05) is 17.8 Å². The van der Waals surface area contributed by atoms with E-state index in [0.717, 1.165) is 15.9 Å². The molecule has 0 spiro atoms. The normalized spacial score (nSPS) is 16.1. The lowest BCUT2D eigenvalue weighted by Crippen LogP contribution is -2.23. The number of thiazole rings is 1. The van der Waals surface area contributed by atoms with Gasteiger partial charge in [-0.2, -0.15) is 15.0 Å². The topological polar surface area (TPSA) is 76.5 Å². The van der Waals surface area contributed by atoms with Crippen LogP contribution in [0.25, 0.3) is 16.4 Å². The van der Waals surface area contributed by atoms with Crippen molar-refractivity contribution in [1.29, 1.82) is 5.26 Å². The summed E-state index contributed by atoms with van der Waals surface area (Å²) in [7, 11) is 0. The molecule has 3 aromatic heterocycles. The van der Waals surface area contributed by atoms with Crippen LogP contribution in [-0.2, 0) is 6.54 Å². The molecule has 0 aliphatic carbocycles. The van der Waals surface area contributed by atoms with Gasteiger partial charge in [0.2, 0.25) is 0 Å². The summed E-state index contributed by atoms with van der Waals surface area (Å²) in [6.45, 7) is 2.09. The van der Waals surface area contributed by atoms with Gasteiger partial charge in [-0.15, -0.1) is 23.1 Å². The van der Waals surface area contributed by atoms with Crippen LogP contribution >= 0.6 is 34.4 Å². The predicted octanol–water partition coefficient (Wildman–Crippen LogP) is 2.91. The molecule has 1 aliphatic heterocycles. The number of hydrogen-bond acceptors (Lipinski definition) is 7. The molecule has 110 valence electrons. The molecule has 0 aromatic carbocycles. The van der Waals surface area contributed by atoms with Gasteiger partial charge in [-0.3, -0.25) is 0 Å². The van der Waals surface area contributed by atoms with Crippen molar-refractivity contribution in [2.24, 2.45) is 0 Å². The van der Waals surface area contributed by atoms with Crippen molar-refractivity contribution in [3.8, 4) is 22.5 Å². The van der Waals surface area contributed by atoms with Crippen molar-refractivity contribution in [1.82, 2.24) is 19.3 Å². The van der Waals surface area contributed by atoms with Gasteiger partial charge in [0.1, 0.15) is 12.9 Å². The van der Waals surface area contributed by atoms with Gasteiger partial charge in [0.05, 0.1) is 16.0 Å². The summed E-state index contributed by atoms with van der Waals surface area (Å²) in [5.74, 6) is 0. The zero-order valence-corrected chi connectivity index (χ0v) is 13.8. The molecular formula is C13H9N5OS3. The first kappa shape index (κ1) is 13.8. The van der Waals surface area contributed by atoms with Crippen LogP contribution in [0.2, 0.25) is 0 Å². The molecule has 0 fully saturated rings. The van der Waals surface area contributed by atoms with Gasteiger partial charge in [-0.1, -0.05) is 11.3 Å². The second-order valence-electron chi connectivity index (χ2n) is 4.69. The summed E-state index contributed by atoms with van der Waals surface area (Å²) in [6, 6.07) is 4.00. The van der Waals surface area contributed by atoms with Gasteiger partial charge < -0.3 is 0 Å². The number of hydrogen-bond donors (Lipinski definition) is 0.